The summed E-state index contributed by atoms with van der Waals surface area (Å²) in [6.07, 6.45) is 0.648. The lowest BCUT2D eigenvalue weighted by atomic mass is 9.85. The van der Waals surface area contributed by atoms with Gasteiger partial charge in [0, 0.05) is 17.0 Å². The second kappa shape index (κ2) is 6.97. The molecule has 0 fully saturated rings. The molecule has 0 aliphatic carbocycles. The second-order valence-corrected chi connectivity index (χ2v) is 7.29. The molecule has 1 heterocycles. The van der Waals surface area contributed by atoms with Crippen LogP contribution in [0.1, 0.15) is 29.7 Å². The van der Waals surface area contributed by atoms with Gasteiger partial charge in [0.1, 0.15) is 5.54 Å². The first-order valence-electron chi connectivity index (χ1n) is 8.75. The molecule has 2 atom stereocenters. The lowest BCUT2D eigenvalue weighted by molar-refractivity contribution is 0.147. The predicted octanol–water partition coefficient (Wildman–Crippen LogP) is 5.86. The fraction of sp³-hybridized carbons (Fsp3) is 0.174. The van der Waals surface area contributed by atoms with Crippen LogP contribution in [0.15, 0.2) is 89.9 Å². The second-order valence-electron chi connectivity index (χ2n) is 6.85. The molecular weight excluding hydrogens is 342 g/mol. The number of benzene rings is 3. The highest BCUT2D eigenvalue weighted by Crippen LogP contribution is 2.41. The first-order chi connectivity index (χ1) is 12.6. The first kappa shape index (κ1) is 16.9. The Labute approximate surface area is 159 Å². The summed E-state index contributed by atoms with van der Waals surface area (Å²) in [6, 6.07) is 28.4. The Morgan fingerprint density at radius 1 is 0.885 bits per heavy atom. The Bertz CT molecular complexity index is 906. The maximum Gasteiger partial charge on any atom is 0.217 e. The quantitative estimate of drug-likeness (QED) is 0.570. The normalized spacial score (nSPS) is 21.9. The van der Waals surface area contributed by atoms with E-state index in [0.717, 1.165) is 22.6 Å². The average Bonchev–Trinajstić information content (AvgIpc) is 3.02. The fourth-order valence-corrected chi connectivity index (χ4v) is 3.60. The Kier molecular flexibility index (Phi) is 4.52. The summed E-state index contributed by atoms with van der Waals surface area (Å²) in [6.45, 7) is 2.16. The van der Waals surface area contributed by atoms with Crippen LogP contribution in [-0.4, -0.2) is 11.4 Å². The van der Waals surface area contributed by atoms with E-state index in [9.17, 15) is 0 Å². The topological polar surface area (TPSA) is 21.6 Å². The number of hydrogen-bond acceptors (Lipinski definition) is 2. The molecule has 1 aliphatic rings. The van der Waals surface area contributed by atoms with E-state index in [0.29, 0.717) is 5.90 Å². The third-order valence-corrected chi connectivity index (χ3v) is 5.00. The molecule has 3 heteroatoms. The van der Waals surface area contributed by atoms with Crippen LogP contribution in [0.5, 0.6) is 0 Å². The lowest BCUT2D eigenvalue weighted by Crippen LogP contribution is -2.30. The zero-order valence-electron chi connectivity index (χ0n) is 14.6. The first-order valence-corrected chi connectivity index (χ1v) is 9.13. The molecule has 0 unspecified atom stereocenters. The molecule has 0 saturated heterocycles. The van der Waals surface area contributed by atoms with E-state index in [4.69, 9.17) is 21.3 Å². The molecule has 0 radical (unpaired) electrons. The van der Waals surface area contributed by atoms with Crippen molar-refractivity contribution in [1.29, 1.82) is 0 Å². The van der Waals surface area contributed by atoms with Crippen molar-refractivity contribution in [2.45, 2.75) is 25.0 Å². The zero-order valence-corrected chi connectivity index (χ0v) is 15.4. The average molecular weight is 362 g/mol. The van der Waals surface area contributed by atoms with Crippen molar-refractivity contribution in [2.75, 3.05) is 0 Å². The SMILES string of the molecule is C[C@@]1(Cc2ccc(Cl)cc2)N=C(c2ccccc2)O[C@H]1c1ccccc1. The van der Waals surface area contributed by atoms with Gasteiger partial charge in [-0.25, -0.2) is 4.99 Å². The minimum absolute atomic E-state index is 0.130. The summed E-state index contributed by atoms with van der Waals surface area (Å²) in [5.74, 6) is 0.705. The summed E-state index contributed by atoms with van der Waals surface area (Å²) in [5.41, 5.74) is 2.95. The largest absolute Gasteiger partial charge is 0.467 e. The van der Waals surface area contributed by atoms with Gasteiger partial charge >= 0.3 is 0 Å². The van der Waals surface area contributed by atoms with Crippen molar-refractivity contribution >= 4 is 17.5 Å². The van der Waals surface area contributed by atoms with E-state index in [2.05, 4.69) is 31.2 Å². The number of aliphatic imine (C=N–C) groups is 1. The van der Waals surface area contributed by atoms with Gasteiger partial charge in [-0.2, -0.15) is 0 Å². The Balaban J connectivity index is 1.72. The fourth-order valence-electron chi connectivity index (χ4n) is 3.47. The maximum absolute atomic E-state index is 6.37. The Morgan fingerprint density at radius 2 is 1.50 bits per heavy atom. The van der Waals surface area contributed by atoms with Crippen LogP contribution in [0.4, 0.5) is 0 Å². The van der Waals surface area contributed by atoms with Crippen LogP contribution in [0.2, 0.25) is 5.02 Å². The van der Waals surface area contributed by atoms with E-state index >= 15 is 0 Å². The summed E-state index contributed by atoms with van der Waals surface area (Å²) in [7, 11) is 0. The molecular formula is C23H20ClNO. The van der Waals surface area contributed by atoms with E-state index in [1.165, 1.54) is 5.56 Å². The highest BCUT2D eigenvalue weighted by molar-refractivity contribution is 6.30. The maximum atomic E-state index is 6.37. The highest BCUT2D eigenvalue weighted by Gasteiger charge is 2.43. The van der Waals surface area contributed by atoms with Crippen molar-refractivity contribution in [3.63, 3.8) is 0 Å². The molecule has 0 spiro atoms. The van der Waals surface area contributed by atoms with Crippen molar-refractivity contribution in [3.05, 3.63) is 107 Å². The third kappa shape index (κ3) is 3.38. The molecule has 0 bridgehead atoms. The zero-order chi connectivity index (χ0) is 18.0. The number of rotatable bonds is 4. The van der Waals surface area contributed by atoms with Crippen LogP contribution >= 0.6 is 11.6 Å². The molecule has 1 aliphatic heterocycles. The molecule has 3 aromatic carbocycles. The van der Waals surface area contributed by atoms with Gasteiger partial charge < -0.3 is 4.74 Å². The summed E-state index contributed by atoms with van der Waals surface area (Å²) >= 11 is 6.04. The van der Waals surface area contributed by atoms with Crippen molar-refractivity contribution in [3.8, 4) is 0 Å². The molecule has 0 saturated carbocycles. The summed E-state index contributed by atoms with van der Waals surface area (Å²) in [5, 5.41) is 0.745. The molecule has 130 valence electrons. The van der Waals surface area contributed by atoms with Gasteiger partial charge in [-0.15, -0.1) is 0 Å². The highest BCUT2D eigenvalue weighted by atomic mass is 35.5. The van der Waals surface area contributed by atoms with Gasteiger partial charge in [-0.05, 0) is 42.3 Å². The molecule has 0 aromatic heterocycles. The molecule has 3 aromatic rings. The summed E-state index contributed by atoms with van der Waals surface area (Å²) in [4.78, 5) is 5.03. The van der Waals surface area contributed by atoms with Crippen LogP contribution in [-0.2, 0) is 11.2 Å². The Hall–Kier alpha value is -2.58. The van der Waals surface area contributed by atoms with Gasteiger partial charge in [0.2, 0.25) is 5.90 Å². The van der Waals surface area contributed by atoms with Crippen LogP contribution in [0.3, 0.4) is 0 Å². The molecule has 0 amide bonds. The number of ether oxygens (including phenoxy) is 1. The lowest BCUT2D eigenvalue weighted by Gasteiger charge is -2.28. The molecule has 26 heavy (non-hydrogen) atoms. The van der Waals surface area contributed by atoms with E-state index in [1.807, 2.05) is 60.7 Å². The number of nitrogens with zero attached hydrogens (tertiary/aromatic N) is 1. The number of halogens is 1. The number of hydrogen-bond donors (Lipinski definition) is 0. The van der Waals surface area contributed by atoms with Gasteiger partial charge in [0.05, 0.1) is 0 Å². The van der Waals surface area contributed by atoms with Crippen LogP contribution < -0.4 is 0 Å². The van der Waals surface area contributed by atoms with Crippen molar-refractivity contribution in [1.82, 2.24) is 0 Å². The third-order valence-electron chi connectivity index (χ3n) is 4.75. The molecule has 4 rings (SSSR count). The van der Waals surface area contributed by atoms with E-state index in [-0.39, 0.29) is 11.6 Å². The van der Waals surface area contributed by atoms with Gasteiger partial charge in [0.15, 0.2) is 6.10 Å². The van der Waals surface area contributed by atoms with Gasteiger partial charge in [-0.3, -0.25) is 0 Å². The monoisotopic (exact) mass is 361 g/mol. The van der Waals surface area contributed by atoms with Crippen LogP contribution in [0.25, 0.3) is 0 Å². The van der Waals surface area contributed by atoms with E-state index < -0.39 is 0 Å². The van der Waals surface area contributed by atoms with Gasteiger partial charge in [-0.1, -0.05) is 72.3 Å². The summed E-state index contributed by atoms with van der Waals surface area (Å²) < 4.78 is 6.37. The smallest absolute Gasteiger partial charge is 0.217 e. The minimum Gasteiger partial charge on any atom is -0.467 e. The predicted molar refractivity (Wildman–Crippen MR) is 107 cm³/mol. The minimum atomic E-state index is -0.389. The van der Waals surface area contributed by atoms with Gasteiger partial charge in [0.25, 0.3) is 0 Å². The molecule has 0 N–H and O–H groups in total. The van der Waals surface area contributed by atoms with Crippen LogP contribution in [0, 0.1) is 0 Å². The van der Waals surface area contributed by atoms with Crippen molar-refractivity contribution in [2.24, 2.45) is 4.99 Å². The molecule has 2 nitrogen and oxygen atoms in total. The van der Waals surface area contributed by atoms with Crippen molar-refractivity contribution < 1.29 is 4.74 Å². The van der Waals surface area contributed by atoms with E-state index in [1.54, 1.807) is 0 Å². The Morgan fingerprint density at radius 3 is 2.15 bits per heavy atom. The standard InChI is InChI=1S/C23H20ClNO/c1-23(16-17-12-14-20(24)15-13-17)21(18-8-4-2-5-9-18)26-22(25-23)19-10-6-3-7-11-19/h2-15,21H,16H2,1H3/t21-,23-/m0/s1.